The fourth-order valence-electron chi connectivity index (χ4n) is 5.76. The second-order valence-electron chi connectivity index (χ2n) is 11.7. The Hall–Kier alpha value is -3.95. The van der Waals surface area contributed by atoms with Crippen molar-refractivity contribution in [3.63, 3.8) is 0 Å². The van der Waals surface area contributed by atoms with E-state index in [9.17, 15) is 14.4 Å². The lowest BCUT2D eigenvalue weighted by atomic mass is 9.90. The van der Waals surface area contributed by atoms with Gasteiger partial charge in [0.25, 0.3) is 11.5 Å². The summed E-state index contributed by atoms with van der Waals surface area (Å²) in [5.41, 5.74) is 7.70. The molecule has 0 bridgehead atoms. The number of carboxylic acid groups (broad SMARTS) is 1. The molecule has 1 fully saturated rings. The minimum atomic E-state index is -0.971. The molecule has 9 heteroatoms. The van der Waals surface area contributed by atoms with Gasteiger partial charge in [0.2, 0.25) is 0 Å². The molecule has 0 atom stereocenters. The minimum absolute atomic E-state index is 0.000725. The van der Waals surface area contributed by atoms with Crippen LogP contribution >= 0.6 is 0 Å². The molecule has 1 saturated carbocycles. The van der Waals surface area contributed by atoms with Gasteiger partial charge in [-0.15, -0.1) is 0 Å². The van der Waals surface area contributed by atoms with Gasteiger partial charge >= 0.3 is 6.09 Å². The number of amides is 2. The van der Waals surface area contributed by atoms with Gasteiger partial charge in [-0.05, 0) is 112 Å². The van der Waals surface area contributed by atoms with Crippen LogP contribution in [0.5, 0.6) is 0 Å². The Morgan fingerprint density at radius 1 is 0.929 bits per heavy atom. The fourth-order valence-corrected chi connectivity index (χ4v) is 5.76. The number of carbonyl (C=O) groups excluding carboxylic acids is 1. The maximum Gasteiger partial charge on any atom is 0.404 e. The Labute approximate surface area is 247 Å². The first-order valence-electron chi connectivity index (χ1n) is 14.6. The number of aromatic amines is 1. The second-order valence-corrected chi connectivity index (χ2v) is 11.7. The highest BCUT2D eigenvalue weighted by Crippen LogP contribution is 2.27. The highest BCUT2D eigenvalue weighted by atomic mass is 16.4. The van der Waals surface area contributed by atoms with Crippen LogP contribution in [-0.2, 0) is 19.6 Å². The first kappa shape index (κ1) is 31.0. The van der Waals surface area contributed by atoms with Crippen LogP contribution in [0.3, 0.4) is 0 Å². The molecular weight excluding hydrogens is 530 g/mol. The normalized spacial score (nSPS) is 16.8. The van der Waals surface area contributed by atoms with Gasteiger partial charge in [0, 0.05) is 48.5 Å². The molecule has 3 aromatic rings. The monoisotopic (exact) mass is 573 g/mol. The summed E-state index contributed by atoms with van der Waals surface area (Å²) in [5, 5.41) is 18.2. The molecule has 0 saturated heterocycles. The average Bonchev–Trinajstić information content (AvgIpc) is 2.92. The standard InChI is InChI=1S/C33H43N5O4/c1-20-14-21(2)36-32(40)30(20)18-35-31(39)29-16-25(24-8-6-23(7-9-24)19-38(4)5)15-26(22(29)3)17-34-27-10-12-28(13-11-27)37-33(41)42/h6-9,14-16,27-28,34,37H,10-13,17-19H2,1-5H3,(H,35,39)(H,36,40)(H,41,42). The molecule has 2 aromatic carbocycles. The lowest BCUT2D eigenvalue weighted by molar-refractivity contribution is 0.0950. The van der Waals surface area contributed by atoms with Crippen LogP contribution in [0.25, 0.3) is 11.1 Å². The van der Waals surface area contributed by atoms with E-state index in [0.29, 0.717) is 17.7 Å². The second kappa shape index (κ2) is 13.8. The Morgan fingerprint density at radius 3 is 2.21 bits per heavy atom. The van der Waals surface area contributed by atoms with Gasteiger partial charge in [-0.25, -0.2) is 4.79 Å². The Balaban J connectivity index is 1.57. The number of nitrogens with zero attached hydrogens (tertiary/aromatic N) is 1. The van der Waals surface area contributed by atoms with E-state index in [1.165, 1.54) is 5.56 Å². The average molecular weight is 574 g/mol. The van der Waals surface area contributed by atoms with Crippen molar-refractivity contribution in [3.8, 4) is 11.1 Å². The zero-order valence-corrected chi connectivity index (χ0v) is 25.3. The molecule has 1 aromatic heterocycles. The number of carbonyl (C=O) groups is 2. The van der Waals surface area contributed by atoms with Crippen molar-refractivity contribution in [1.29, 1.82) is 0 Å². The van der Waals surface area contributed by atoms with E-state index in [1.807, 2.05) is 47.0 Å². The number of aromatic nitrogens is 1. The summed E-state index contributed by atoms with van der Waals surface area (Å²) in [7, 11) is 4.08. The van der Waals surface area contributed by atoms with E-state index in [-0.39, 0.29) is 30.1 Å². The molecule has 2 amide bonds. The summed E-state index contributed by atoms with van der Waals surface area (Å²) < 4.78 is 0. The molecule has 42 heavy (non-hydrogen) atoms. The number of rotatable bonds is 10. The van der Waals surface area contributed by atoms with Crippen molar-refractivity contribution in [2.24, 2.45) is 0 Å². The molecule has 0 unspecified atom stereocenters. The van der Waals surface area contributed by atoms with Crippen molar-refractivity contribution in [2.75, 3.05) is 14.1 Å². The van der Waals surface area contributed by atoms with Crippen LogP contribution in [0.4, 0.5) is 4.79 Å². The van der Waals surface area contributed by atoms with E-state index in [2.05, 4.69) is 56.2 Å². The summed E-state index contributed by atoms with van der Waals surface area (Å²) in [6.07, 6.45) is 2.39. The Bertz CT molecular complexity index is 1470. The maximum absolute atomic E-state index is 13.6. The number of nitrogens with one attached hydrogen (secondary N) is 4. The highest BCUT2D eigenvalue weighted by molar-refractivity contribution is 5.97. The number of H-pyrrole nitrogens is 1. The zero-order valence-electron chi connectivity index (χ0n) is 25.3. The molecule has 1 aliphatic rings. The van der Waals surface area contributed by atoms with Gasteiger partial charge in [0.05, 0.1) is 0 Å². The summed E-state index contributed by atoms with van der Waals surface area (Å²) in [6.45, 7) is 7.27. The Kier molecular flexibility index (Phi) is 10.2. The molecule has 5 N–H and O–H groups in total. The quantitative estimate of drug-likeness (QED) is 0.241. The first-order chi connectivity index (χ1) is 20.0. The predicted molar refractivity (Wildman–Crippen MR) is 166 cm³/mol. The van der Waals surface area contributed by atoms with E-state index in [1.54, 1.807) is 0 Å². The largest absolute Gasteiger partial charge is 0.465 e. The third-order valence-electron chi connectivity index (χ3n) is 8.10. The van der Waals surface area contributed by atoms with Crippen molar-refractivity contribution < 1.29 is 14.7 Å². The SMILES string of the molecule is Cc1cc(C)c(CNC(=O)c2cc(-c3ccc(CN(C)C)cc3)cc(CNC3CCC(NC(=O)O)CC3)c2C)c(=O)[nH]1. The molecule has 1 aliphatic carbocycles. The highest BCUT2D eigenvalue weighted by Gasteiger charge is 2.23. The van der Waals surface area contributed by atoms with Crippen molar-refractivity contribution in [3.05, 3.63) is 91.9 Å². The maximum atomic E-state index is 13.6. The van der Waals surface area contributed by atoms with Crippen LogP contribution in [-0.4, -0.2) is 53.2 Å². The van der Waals surface area contributed by atoms with Crippen LogP contribution in [0.2, 0.25) is 0 Å². The Morgan fingerprint density at radius 2 is 1.60 bits per heavy atom. The van der Waals surface area contributed by atoms with Crippen molar-refractivity contribution in [2.45, 2.75) is 78.2 Å². The predicted octanol–water partition coefficient (Wildman–Crippen LogP) is 4.63. The van der Waals surface area contributed by atoms with E-state index < -0.39 is 6.09 Å². The van der Waals surface area contributed by atoms with Gasteiger partial charge < -0.3 is 30.9 Å². The minimum Gasteiger partial charge on any atom is -0.465 e. The summed E-state index contributed by atoms with van der Waals surface area (Å²) in [6, 6.07) is 14.7. The lowest BCUT2D eigenvalue weighted by Gasteiger charge is -2.29. The van der Waals surface area contributed by atoms with Gasteiger partial charge in [0.15, 0.2) is 0 Å². The fraction of sp³-hybridized carbons (Fsp3) is 0.424. The summed E-state index contributed by atoms with van der Waals surface area (Å²) in [5.74, 6) is -0.223. The molecule has 9 nitrogen and oxygen atoms in total. The summed E-state index contributed by atoms with van der Waals surface area (Å²) in [4.78, 5) is 42.0. The topological polar surface area (TPSA) is 127 Å². The van der Waals surface area contributed by atoms with Gasteiger partial charge in [-0.2, -0.15) is 0 Å². The number of benzene rings is 2. The van der Waals surface area contributed by atoms with Gasteiger partial charge in [0.1, 0.15) is 0 Å². The molecule has 224 valence electrons. The molecule has 1 heterocycles. The first-order valence-corrected chi connectivity index (χ1v) is 14.6. The third kappa shape index (κ3) is 8.08. The zero-order chi connectivity index (χ0) is 30.4. The third-order valence-corrected chi connectivity index (χ3v) is 8.10. The van der Waals surface area contributed by atoms with Gasteiger partial charge in [-0.1, -0.05) is 24.3 Å². The molecule has 4 rings (SSSR count). The molecule has 0 aliphatic heterocycles. The number of hydrogen-bond donors (Lipinski definition) is 5. The van der Waals surface area contributed by atoms with Crippen molar-refractivity contribution >= 4 is 12.0 Å². The van der Waals surface area contributed by atoms with E-state index in [0.717, 1.165) is 65.7 Å². The number of aryl methyl sites for hydroxylation is 2. The summed E-state index contributed by atoms with van der Waals surface area (Å²) >= 11 is 0. The van der Waals surface area contributed by atoms with Crippen LogP contribution in [0.1, 0.15) is 69.6 Å². The van der Waals surface area contributed by atoms with Crippen LogP contribution in [0, 0.1) is 20.8 Å². The van der Waals surface area contributed by atoms with Gasteiger partial charge in [-0.3, -0.25) is 9.59 Å². The van der Waals surface area contributed by atoms with Crippen molar-refractivity contribution in [1.82, 2.24) is 25.8 Å². The number of hydrogen-bond acceptors (Lipinski definition) is 5. The van der Waals surface area contributed by atoms with E-state index >= 15 is 0 Å². The van der Waals surface area contributed by atoms with Crippen LogP contribution in [0.15, 0.2) is 47.3 Å². The molecular formula is C33H43N5O4. The van der Waals surface area contributed by atoms with Crippen LogP contribution < -0.4 is 21.5 Å². The lowest BCUT2D eigenvalue weighted by Crippen LogP contribution is -2.41. The smallest absolute Gasteiger partial charge is 0.404 e. The molecule has 0 spiro atoms. The molecule has 0 radical (unpaired) electrons. The van der Waals surface area contributed by atoms with E-state index in [4.69, 9.17) is 5.11 Å². The number of pyridine rings is 1.